The lowest BCUT2D eigenvalue weighted by Crippen LogP contribution is -2.40. The van der Waals surface area contributed by atoms with Gasteiger partial charge in [-0.25, -0.2) is 8.78 Å². The second-order valence-electron chi connectivity index (χ2n) is 11.6. The Morgan fingerprint density at radius 3 is 2.16 bits per heavy atom. The van der Waals surface area contributed by atoms with Crippen molar-refractivity contribution in [1.29, 1.82) is 0 Å². The second kappa shape index (κ2) is 14.4. The summed E-state index contributed by atoms with van der Waals surface area (Å²) in [4.78, 5) is 40.3. The van der Waals surface area contributed by atoms with Crippen LogP contribution in [0.1, 0.15) is 71.7 Å². The Kier molecular flexibility index (Phi) is 11.3. The molecule has 0 aliphatic rings. The summed E-state index contributed by atoms with van der Waals surface area (Å²) in [6, 6.07) is 3.36. The molecule has 3 rings (SSSR count). The van der Waals surface area contributed by atoms with Crippen molar-refractivity contribution < 1.29 is 36.6 Å². The topological polar surface area (TPSA) is 91.6 Å². The van der Waals surface area contributed by atoms with Gasteiger partial charge in [0.2, 0.25) is 5.91 Å². The number of hydrogen-bond donors (Lipinski definition) is 2. The standard InChI is InChI=1S/C33H38F5N3O4/c1-7-8-27(41-17-21(9-10-40(5)6)25(15-28(41)42)33(36,37)38)32(45)39-26(16-29(43)44)24-14-22(11-20(4)31(24)35)30-18(2)12-23(34)13-19(30)3/h11-15,17,26-27H,7-10,16H2,1-6H3,(H,39,45)(H,43,44). The van der Waals surface area contributed by atoms with Gasteiger partial charge in [-0.2, -0.15) is 13.2 Å². The quantitative estimate of drug-likeness (QED) is 0.221. The average Bonchev–Trinajstić information content (AvgIpc) is 2.91. The molecule has 244 valence electrons. The van der Waals surface area contributed by atoms with Crippen molar-refractivity contribution in [1.82, 2.24) is 14.8 Å². The third-order valence-electron chi connectivity index (χ3n) is 7.64. The lowest BCUT2D eigenvalue weighted by molar-refractivity contribution is -0.139. The fourth-order valence-electron chi connectivity index (χ4n) is 5.55. The van der Waals surface area contributed by atoms with E-state index < -0.39 is 59.3 Å². The number of carbonyl (C=O) groups excluding carboxylic acids is 1. The molecule has 1 aromatic heterocycles. The van der Waals surface area contributed by atoms with E-state index in [4.69, 9.17) is 0 Å². The van der Waals surface area contributed by atoms with Gasteiger partial charge in [-0.1, -0.05) is 13.3 Å². The Morgan fingerprint density at radius 2 is 1.62 bits per heavy atom. The van der Waals surface area contributed by atoms with E-state index in [1.165, 1.54) is 25.1 Å². The highest BCUT2D eigenvalue weighted by Gasteiger charge is 2.35. The SMILES string of the molecule is CCCC(C(=O)NC(CC(=O)O)c1cc(-c2c(C)cc(F)cc2C)cc(C)c1F)n1cc(CCN(C)C)c(C(F)(F)F)cc1=O. The number of alkyl halides is 3. The molecule has 0 bridgehead atoms. The zero-order valence-electron chi connectivity index (χ0n) is 26.1. The molecule has 0 radical (unpaired) electrons. The van der Waals surface area contributed by atoms with E-state index in [2.05, 4.69) is 5.32 Å². The third-order valence-corrected chi connectivity index (χ3v) is 7.64. The fourth-order valence-corrected chi connectivity index (χ4v) is 5.55. The number of halogens is 5. The van der Waals surface area contributed by atoms with E-state index >= 15 is 4.39 Å². The molecule has 3 aromatic rings. The summed E-state index contributed by atoms with van der Waals surface area (Å²) in [5.41, 5.74) is -0.0567. The van der Waals surface area contributed by atoms with Crippen LogP contribution in [-0.2, 0) is 22.2 Å². The molecule has 2 aromatic carbocycles. The lowest BCUT2D eigenvalue weighted by Gasteiger charge is -2.26. The van der Waals surface area contributed by atoms with E-state index in [-0.39, 0.29) is 36.1 Å². The first kappa shape index (κ1) is 35.4. The number of aryl methyl sites for hydroxylation is 3. The minimum atomic E-state index is -4.80. The van der Waals surface area contributed by atoms with Crippen LogP contribution in [0.4, 0.5) is 22.0 Å². The molecule has 1 heterocycles. The fraction of sp³-hybridized carbons (Fsp3) is 0.424. The zero-order valence-corrected chi connectivity index (χ0v) is 26.1. The van der Waals surface area contributed by atoms with Crippen LogP contribution in [0.5, 0.6) is 0 Å². The molecule has 2 N–H and O–H groups in total. The third kappa shape index (κ3) is 8.56. The summed E-state index contributed by atoms with van der Waals surface area (Å²) in [6.07, 6.45) is -4.14. The first-order valence-electron chi connectivity index (χ1n) is 14.5. The first-order chi connectivity index (χ1) is 20.9. The number of pyridine rings is 1. The summed E-state index contributed by atoms with van der Waals surface area (Å²) in [6.45, 7) is 6.81. The molecule has 2 unspecified atom stereocenters. The van der Waals surface area contributed by atoms with Crippen LogP contribution in [0, 0.1) is 32.4 Å². The normalized spacial score (nSPS) is 13.2. The number of nitrogens with one attached hydrogen (secondary N) is 1. The van der Waals surface area contributed by atoms with Gasteiger partial charge in [-0.3, -0.25) is 14.4 Å². The predicted octanol–water partition coefficient (Wildman–Crippen LogP) is 6.52. The summed E-state index contributed by atoms with van der Waals surface area (Å²) in [7, 11) is 3.38. The van der Waals surface area contributed by atoms with Gasteiger partial charge in [0, 0.05) is 24.4 Å². The lowest BCUT2D eigenvalue weighted by atomic mass is 9.90. The maximum absolute atomic E-state index is 15.6. The van der Waals surface area contributed by atoms with Gasteiger partial charge in [0.15, 0.2) is 0 Å². The average molecular weight is 636 g/mol. The highest BCUT2D eigenvalue weighted by Crippen LogP contribution is 2.35. The van der Waals surface area contributed by atoms with Crippen LogP contribution in [0.15, 0.2) is 41.3 Å². The molecule has 0 saturated heterocycles. The summed E-state index contributed by atoms with van der Waals surface area (Å²) < 4.78 is 72.0. The van der Waals surface area contributed by atoms with Gasteiger partial charge >= 0.3 is 12.1 Å². The predicted molar refractivity (Wildman–Crippen MR) is 161 cm³/mol. The van der Waals surface area contributed by atoms with Crippen LogP contribution in [0.3, 0.4) is 0 Å². The van der Waals surface area contributed by atoms with Gasteiger partial charge in [0.25, 0.3) is 5.56 Å². The molecular formula is C33H38F5N3O4. The van der Waals surface area contributed by atoms with Crippen LogP contribution >= 0.6 is 0 Å². The molecule has 0 spiro atoms. The Labute approximate surface area is 258 Å². The molecule has 0 aliphatic carbocycles. The number of amides is 1. The molecule has 0 saturated carbocycles. The number of carbonyl (C=O) groups is 2. The van der Waals surface area contributed by atoms with Crippen molar-refractivity contribution >= 4 is 11.9 Å². The van der Waals surface area contributed by atoms with E-state index in [9.17, 15) is 37.1 Å². The van der Waals surface area contributed by atoms with Crippen LogP contribution in [0.2, 0.25) is 0 Å². The summed E-state index contributed by atoms with van der Waals surface area (Å²) in [5.74, 6) is -3.40. The maximum Gasteiger partial charge on any atom is 0.416 e. The number of benzene rings is 2. The van der Waals surface area contributed by atoms with Crippen molar-refractivity contribution in [3.05, 3.63) is 91.9 Å². The largest absolute Gasteiger partial charge is 0.481 e. The molecule has 45 heavy (non-hydrogen) atoms. The van der Waals surface area contributed by atoms with Crippen molar-refractivity contribution in [2.45, 2.75) is 71.6 Å². The minimum Gasteiger partial charge on any atom is -0.481 e. The first-order valence-corrected chi connectivity index (χ1v) is 14.5. The Balaban J connectivity index is 2.12. The number of carboxylic acids is 1. The van der Waals surface area contributed by atoms with Crippen molar-refractivity contribution in [3.63, 3.8) is 0 Å². The number of aliphatic carboxylic acids is 1. The molecular weight excluding hydrogens is 597 g/mol. The smallest absolute Gasteiger partial charge is 0.416 e. The number of aromatic nitrogens is 1. The van der Waals surface area contributed by atoms with E-state index in [1.54, 1.807) is 45.8 Å². The van der Waals surface area contributed by atoms with Gasteiger partial charge in [0.05, 0.1) is 18.0 Å². The number of rotatable bonds is 12. The molecule has 12 heteroatoms. The van der Waals surface area contributed by atoms with Crippen LogP contribution < -0.4 is 10.9 Å². The monoisotopic (exact) mass is 635 g/mol. The molecule has 0 fully saturated rings. The molecule has 0 aliphatic heterocycles. The van der Waals surface area contributed by atoms with E-state index in [0.717, 1.165) is 10.8 Å². The molecule has 7 nitrogen and oxygen atoms in total. The van der Waals surface area contributed by atoms with Crippen molar-refractivity contribution in [3.8, 4) is 11.1 Å². The Bertz CT molecular complexity index is 1610. The van der Waals surface area contributed by atoms with Crippen LogP contribution in [0.25, 0.3) is 11.1 Å². The van der Waals surface area contributed by atoms with Gasteiger partial charge in [-0.15, -0.1) is 0 Å². The highest BCUT2D eigenvalue weighted by molar-refractivity contribution is 5.82. The second-order valence-corrected chi connectivity index (χ2v) is 11.6. The van der Waals surface area contributed by atoms with Crippen molar-refractivity contribution in [2.75, 3.05) is 20.6 Å². The van der Waals surface area contributed by atoms with E-state index in [1.807, 2.05) is 0 Å². The zero-order chi connectivity index (χ0) is 33.8. The van der Waals surface area contributed by atoms with Gasteiger partial charge < -0.3 is 19.9 Å². The van der Waals surface area contributed by atoms with Gasteiger partial charge in [-0.05, 0) is 105 Å². The minimum absolute atomic E-state index is 0.0412. The summed E-state index contributed by atoms with van der Waals surface area (Å²) in [5, 5.41) is 12.3. The van der Waals surface area contributed by atoms with Gasteiger partial charge in [0.1, 0.15) is 17.7 Å². The molecule has 2 atom stereocenters. The summed E-state index contributed by atoms with van der Waals surface area (Å²) >= 11 is 0. The van der Waals surface area contributed by atoms with Crippen molar-refractivity contribution in [2.24, 2.45) is 0 Å². The Hall–Kier alpha value is -4.06. The number of likely N-dealkylation sites (N-methyl/N-ethyl adjacent to an activating group) is 1. The number of hydrogen-bond acceptors (Lipinski definition) is 4. The number of nitrogens with zero attached hydrogens (tertiary/aromatic N) is 2. The highest BCUT2D eigenvalue weighted by atomic mass is 19.4. The Morgan fingerprint density at radius 1 is 1.00 bits per heavy atom. The van der Waals surface area contributed by atoms with E-state index in [0.29, 0.717) is 34.7 Å². The number of carboxylic acid groups (broad SMARTS) is 1. The maximum atomic E-state index is 15.6. The van der Waals surface area contributed by atoms with Crippen LogP contribution in [-0.4, -0.2) is 47.1 Å². The molecule has 1 amide bonds.